The van der Waals surface area contributed by atoms with Crippen LogP contribution in [0.2, 0.25) is 0 Å². The maximum atomic E-state index is 12.8. The Morgan fingerprint density at radius 3 is 2.31 bits per heavy atom. The monoisotopic (exact) mass is 410 g/mol. The Morgan fingerprint density at radius 2 is 1.79 bits per heavy atom. The van der Waals surface area contributed by atoms with E-state index in [2.05, 4.69) is 26.0 Å². The Kier molecular flexibility index (Phi) is 7.98. The summed E-state index contributed by atoms with van der Waals surface area (Å²) in [5.41, 5.74) is 0. The van der Waals surface area contributed by atoms with Gasteiger partial charge in [-0.15, -0.1) is 0 Å². The first-order valence-corrected chi connectivity index (χ1v) is 9.98. The molecular formula is C19H30N4O6. The molecule has 162 valence electrons. The second-order valence-corrected chi connectivity index (χ2v) is 8.00. The number of Topliss-reactive ketones (excluding diaryl/α,β-unsaturated/α-hetero) is 1. The van der Waals surface area contributed by atoms with Gasteiger partial charge in [0.15, 0.2) is 0 Å². The number of hydrogen-bond acceptors (Lipinski definition) is 6. The van der Waals surface area contributed by atoms with Crippen LogP contribution in [0.25, 0.3) is 0 Å². The van der Waals surface area contributed by atoms with Crippen LogP contribution in [0.5, 0.6) is 0 Å². The van der Waals surface area contributed by atoms with Crippen LogP contribution in [0.15, 0.2) is 0 Å². The van der Waals surface area contributed by atoms with E-state index >= 15 is 0 Å². The summed E-state index contributed by atoms with van der Waals surface area (Å²) in [7, 11) is 1.19. The van der Waals surface area contributed by atoms with Crippen molar-refractivity contribution in [2.45, 2.75) is 64.1 Å². The highest BCUT2D eigenvalue weighted by Gasteiger charge is 2.37. The minimum Gasteiger partial charge on any atom is -0.453 e. The van der Waals surface area contributed by atoms with E-state index in [1.165, 1.54) is 7.11 Å². The van der Waals surface area contributed by atoms with Gasteiger partial charge in [-0.1, -0.05) is 13.8 Å². The van der Waals surface area contributed by atoms with Crippen molar-refractivity contribution in [1.82, 2.24) is 21.3 Å². The highest BCUT2D eigenvalue weighted by atomic mass is 16.5. The zero-order valence-electron chi connectivity index (χ0n) is 17.1. The number of rotatable bonds is 10. The van der Waals surface area contributed by atoms with Gasteiger partial charge in [-0.2, -0.15) is 0 Å². The molecule has 2 rings (SSSR count). The molecule has 1 saturated carbocycles. The number of methoxy groups -OCH3 is 1. The first-order chi connectivity index (χ1) is 13.7. The molecule has 29 heavy (non-hydrogen) atoms. The van der Waals surface area contributed by atoms with Crippen molar-refractivity contribution < 1.29 is 28.7 Å². The van der Waals surface area contributed by atoms with E-state index in [9.17, 15) is 24.0 Å². The Hall–Kier alpha value is -2.65. The van der Waals surface area contributed by atoms with Gasteiger partial charge in [0.2, 0.25) is 17.6 Å². The highest BCUT2D eigenvalue weighted by Crippen LogP contribution is 2.20. The van der Waals surface area contributed by atoms with E-state index in [0.29, 0.717) is 19.4 Å². The van der Waals surface area contributed by atoms with E-state index in [1.54, 1.807) is 0 Å². The second-order valence-electron chi connectivity index (χ2n) is 8.00. The van der Waals surface area contributed by atoms with Crippen molar-refractivity contribution in [2.75, 3.05) is 13.7 Å². The largest absolute Gasteiger partial charge is 0.453 e. The molecule has 0 bridgehead atoms. The molecule has 0 aromatic carbocycles. The first-order valence-electron chi connectivity index (χ1n) is 9.98. The van der Waals surface area contributed by atoms with Crippen molar-refractivity contribution in [3.05, 3.63) is 0 Å². The average molecular weight is 410 g/mol. The van der Waals surface area contributed by atoms with E-state index in [-0.39, 0.29) is 24.3 Å². The first kappa shape index (κ1) is 22.6. The Morgan fingerprint density at radius 1 is 1.10 bits per heavy atom. The van der Waals surface area contributed by atoms with Gasteiger partial charge < -0.3 is 26.0 Å². The zero-order valence-corrected chi connectivity index (χ0v) is 17.1. The number of ether oxygens (including phenoxy) is 1. The van der Waals surface area contributed by atoms with E-state index < -0.39 is 41.7 Å². The van der Waals surface area contributed by atoms with Gasteiger partial charge in [0.1, 0.15) is 6.04 Å². The minimum absolute atomic E-state index is 0.00717. The number of nitrogens with one attached hydrogen (secondary N) is 4. The SMILES string of the molecule is COC(=O)NC(CC(C)C)C(=O)NC(CC1CCNC1=O)C(=O)C(=O)NC1CC1. The van der Waals surface area contributed by atoms with Crippen LogP contribution in [-0.2, 0) is 23.9 Å². The Bertz CT molecular complexity index is 661. The Balaban J connectivity index is 2.10. The summed E-state index contributed by atoms with van der Waals surface area (Å²) in [6.07, 6.45) is 1.75. The maximum absolute atomic E-state index is 12.8. The number of ketones is 1. The fourth-order valence-electron chi connectivity index (χ4n) is 3.20. The maximum Gasteiger partial charge on any atom is 0.407 e. The summed E-state index contributed by atoms with van der Waals surface area (Å²) in [5, 5.41) is 10.3. The standard InChI is InChI=1S/C19H30N4O6/c1-10(2)8-14(23-19(28)29-3)17(26)22-13(9-11-6-7-20-16(11)25)15(24)18(27)21-12-4-5-12/h10-14H,4-9H2,1-3H3,(H,20,25)(H,21,27)(H,22,26)(H,23,28). The lowest BCUT2D eigenvalue weighted by Gasteiger charge is -2.24. The van der Waals surface area contributed by atoms with Crippen LogP contribution in [0.3, 0.4) is 0 Å². The van der Waals surface area contributed by atoms with E-state index in [0.717, 1.165) is 12.8 Å². The van der Waals surface area contributed by atoms with Gasteiger partial charge in [0.05, 0.1) is 13.2 Å². The zero-order chi connectivity index (χ0) is 21.6. The van der Waals surface area contributed by atoms with Crippen LogP contribution in [-0.4, -0.2) is 61.4 Å². The van der Waals surface area contributed by atoms with Gasteiger partial charge in [0, 0.05) is 18.5 Å². The molecule has 10 nitrogen and oxygen atoms in total. The molecule has 10 heteroatoms. The lowest BCUT2D eigenvalue weighted by molar-refractivity contribution is -0.141. The molecule has 4 amide bonds. The fraction of sp³-hybridized carbons (Fsp3) is 0.737. The molecule has 2 aliphatic rings. The lowest BCUT2D eigenvalue weighted by atomic mass is 9.94. The molecule has 4 N–H and O–H groups in total. The minimum atomic E-state index is -1.15. The lowest BCUT2D eigenvalue weighted by Crippen LogP contribution is -2.55. The third-order valence-electron chi connectivity index (χ3n) is 4.95. The van der Waals surface area contributed by atoms with Gasteiger partial charge in [-0.25, -0.2) is 4.79 Å². The molecule has 2 fully saturated rings. The third-order valence-corrected chi connectivity index (χ3v) is 4.95. The van der Waals surface area contributed by atoms with Crippen molar-refractivity contribution in [3.8, 4) is 0 Å². The summed E-state index contributed by atoms with van der Waals surface area (Å²) in [4.78, 5) is 61.2. The van der Waals surface area contributed by atoms with Gasteiger partial charge in [-0.3, -0.25) is 19.2 Å². The number of amides is 4. The molecule has 0 aromatic heterocycles. The number of hydrogen-bond donors (Lipinski definition) is 4. The Labute approximate surface area is 169 Å². The molecule has 3 unspecified atom stereocenters. The van der Waals surface area contributed by atoms with Gasteiger partial charge in [-0.05, 0) is 38.0 Å². The molecule has 1 aliphatic heterocycles. The average Bonchev–Trinajstić information content (AvgIpc) is 3.39. The predicted molar refractivity (Wildman–Crippen MR) is 103 cm³/mol. The topological polar surface area (TPSA) is 143 Å². The second kappa shape index (κ2) is 10.2. The summed E-state index contributed by atoms with van der Waals surface area (Å²) < 4.78 is 4.56. The van der Waals surface area contributed by atoms with Crippen LogP contribution in [0, 0.1) is 11.8 Å². The van der Waals surface area contributed by atoms with Crippen molar-refractivity contribution >= 4 is 29.6 Å². The van der Waals surface area contributed by atoms with Crippen molar-refractivity contribution in [3.63, 3.8) is 0 Å². The van der Waals surface area contributed by atoms with E-state index in [1.807, 2.05) is 13.8 Å². The smallest absolute Gasteiger partial charge is 0.407 e. The number of carbonyl (C=O) groups is 5. The third kappa shape index (κ3) is 7.03. The fourth-order valence-corrected chi connectivity index (χ4v) is 3.20. The quantitative estimate of drug-likeness (QED) is 0.362. The van der Waals surface area contributed by atoms with E-state index in [4.69, 9.17) is 0 Å². The van der Waals surface area contributed by atoms with Crippen LogP contribution >= 0.6 is 0 Å². The summed E-state index contributed by atoms with van der Waals surface area (Å²) in [6.45, 7) is 4.26. The van der Waals surface area contributed by atoms with Crippen LogP contribution in [0.4, 0.5) is 4.79 Å². The molecule has 1 saturated heterocycles. The van der Waals surface area contributed by atoms with Crippen LogP contribution in [0.1, 0.15) is 46.0 Å². The van der Waals surface area contributed by atoms with Crippen molar-refractivity contribution in [1.29, 1.82) is 0 Å². The molecule has 1 aliphatic carbocycles. The summed E-state index contributed by atoms with van der Waals surface area (Å²) >= 11 is 0. The van der Waals surface area contributed by atoms with Gasteiger partial charge in [0.25, 0.3) is 5.91 Å². The number of alkyl carbamates (subject to hydrolysis) is 1. The van der Waals surface area contributed by atoms with Gasteiger partial charge >= 0.3 is 6.09 Å². The molecule has 1 heterocycles. The van der Waals surface area contributed by atoms with Crippen LogP contribution < -0.4 is 21.3 Å². The summed E-state index contributed by atoms with van der Waals surface area (Å²) in [5.74, 6) is -2.74. The number of carbonyl (C=O) groups excluding carboxylic acids is 5. The summed E-state index contributed by atoms with van der Waals surface area (Å²) in [6, 6.07) is -2.09. The predicted octanol–water partition coefficient (Wildman–Crippen LogP) is -0.384. The van der Waals surface area contributed by atoms with Crippen molar-refractivity contribution in [2.24, 2.45) is 11.8 Å². The molecule has 3 atom stereocenters. The molecule has 0 radical (unpaired) electrons. The molecular weight excluding hydrogens is 380 g/mol. The molecule has 0 aromatic rings. The normalized spacial score (nSPS) is 20.4. The molecule has 0 spiro atoms. The highest BCUT2D eigenvalue weighted by molar-refractivity contribution is 6.38.